The van der Waals surface area contributed by atoms with Gasteiger partial charge < -0.3 is 4.57 Å². The van der Waals surface area contributed by atoms with Crippen LogP contribution >= 0.6 is 11.6 Å². The maximum Gasteiger partial charge on any atom is 0.170 e. The normalized spacial score (nSPS) is 12.4. The van der Waals surface area contributed by atoms with E-state index in [2.05, 4.69) is 45.3 Å². The van der Waals surface area contributed by atoms with Crippen LogP contribution in [-0.2, 0) is 10.3 Å². The van der Waals surface area contributed by atoms with Gasteiger partial charge in [-0.1, -0.05) is 0 Å². The van der Waals surface area contributed by atoms with Crippen LogP contribution in [0.5, 0.6) is 0 Å². The van der Waals surface area contributed by atoms with Gasteiger partial charge in [0, 0.05) is 16.9 Å². The molecule has 1 aromatic rings. The summed E-state index contributed by atoms with van der Waals surface area (Å²) in [6.45, 7) is 10.7. The Bertz CT molecular complexity index is 450. The van der Waals surface area contributed by atoms with Crippen LogP contribution in [0.15, 0.2) is 12.1 Å². The Hall–Kier alpha value is -1.02. The number of hydrogen-bond acceptors (Lipinski definition) is 1. The summed E-state index contributed by atoms with van der Waals surface area (Å²) < 4.78 is 2.28. The molecule has 0 atom stereocenters. The van der Waals surface area contributed by atoms with Crippen LogP contribution in [0, 0.1) is 13.8 Å². The van der Waals surface area contributed by atoms with Gasteiger partial charge in [0.1, 0.15) is 0 Å². The highest BCUT2D eigenvalue weighted by Crippen LogP contribution is 2.25. The molecule has 1 heterocycles. The van der Waals surface area contributed by atoms with Crippen LogP contribution in [-0.4, -0.2) is 16.2 Å². The van der Waals surface area contributed by atoms with E-state index in [4.69, 9.17) is 11.6 Å². The summed E-state index contributed by atoms with van der Waals surface area (Å²) in [4.78, 5) is 11.2. The number of carbonyl (C=O) groups is 1. The van der Waals surface area contributed by atoms with Crippen LogP contribution in [0.1, 0.15) is 37.7 Å². The second-order valence-corrected chi connectivity index (χ2v) is 5.53. The zero-order valence-corrected chi connectivity index (χ0v) is 11.9. The first-order valence-electron chi connectivity index (χ1n) is 5.73. The van der Waals surface area contributed by atoms with E-state index < -0.39 is 0 Å². The summed E-state index contributed by atoms with van der Waals surface area (Å²) in [6.07, 6.45) is 3.39. The molecular formula is C14H20ClNO. The lowest BCUT2D eigenvalue weighted by atomic mass is 10.1. The van der Waals surface area contributed by atoms with E-state index in [1.807, 2.05) is 6.08 Å². The van der Waals surface area contributed by atoms with Gasteiger partial charge in [0.05, 0.1) is 5.88 Å². The Labute approximate surface area is 108 Å². The predicted molar refractivity (Wildman–Crippen MR) is 73.7 cm³/mol. The second-order valence-electron chi connectivity index (χ2n) is 5.27. The van der Waals surface area contributed by atoms with Crippen LogP contribution < -0.4 is 0 Å². The van der Waals surface area contributed by atoms with Gasteiger partial charge >= 0.3 is 0 Å². The zero-order valence-electron chi connectivity index (χ0n) is 11.2. The van der Waals surface area contributed by atoms with E-state index in [1.165, 1.54) is 11.4 Å². The molecule has 0 amide bonds. The molecule has 0 aliphatic rings. The average Bonchev–Trinajstić information content (AvgIpc) is 2.49. The SMILES string of the molecule is Cc1cc(/C=C/C(=O)CCl)c(C)n1C(C)(C)C. The monoisotopic (exact) mass is 253 g/mol. The van der Waals surface area contributed by atoms with Crippen molar-refractivity contribution in [3.05, 3.63) is 29.1 Å². The minimum atomic E-state index is -0.0628. The smallest absolute Gasteiger partial charge is 0.170 e. The summed E-state index contributed by atoms with van der Waals surface area (Å²) in [6, 6.07) is 2.10. The molecule has 0 fully saturated rings. The molecule has 0 spiro atoms. The van der Waals surface area contributed by atoms with Crippen LogP contribution in [0.3, 0.4) is 0 Å². The highest BCUT2D eigenvalue weighted by molar-refractivity contribution is 6.29. The molecular weight excluding hydrogens is 234 g/mol. The lowest BCUT2D eigenvalue weighted by Gasteiger charge is -2.25. The zero-order chi connectivity index (χ0) is 13.2. The summed E-state index contributed by atoms with van der Waals surface area (Å²) in [5.74, 6) is -0.0265. The third kappa shape index (κ3) is 3.22. The minimum Gasteiger partial charge on any atom is -0.343 e. The maximum atomic E-state index is 11.2. The molecule has 0 unspecified atom stereocenters. The number of allylic oxidation sites excluding steroid dienone is 1. The standard InChI is InChI=1S/C14H20ClNO/c1-10-8-12(6-7-13(17)9-15)11(2)16(10)14(3,4)5/h6-8H,9H2,1-5H3/b7-6+. The van der Waals surface area contributed by atoms with Crippen LogP contribution in [0.2, 0.25) is 0 Å². The number of halogens is 1. The summed E-state index contributed by atoms with van der Waals surface area (Å²) in [7, 11) is 0. The highest BCUT2D eigenvalue weighted by Gasteiger charge is 2.18. The highest BCUT2D eigenvalue weighted by atomic mass is 35.5. The number of aromatic nitrogens is 1. The van der Waals surface area contributed by atoms with Crippen LogP contribution in [0.25, 0.3) is 6.08 Å². The quantitative estimate of drug-likeness (QED) is 0.595. The van der Waals surface area contributed by atoms with Crippen molar-refractivity contribution < 1.29 is 4.79 Å². The number of rotatable bonds is 3. The van der Waals surface area contributed by atoms with Crippen molar-refractivity contribution in [3.63, 3.8) is 0 Å². The molecule has 0 aromatic carbocycles. The Morgan fingerprint density at radius 3 is 2.41 bits per heavy atom. The molecule has 0 N–H and O–H groups in total. The fourth-order valence-corrected chi connectivity index (χ4v) is 2.30. The number of alkyl halides is 1. The van der Waals surface area contributed by atoms with E-state index >= 15 is 0 Å². The third-order valence-electron chi connectivity index (χ3n) is 2.72. The van der Waals surface area contributed by atoms with Crippen molar-refractivity contribution in [3.8, 4) is 0 Å². The molecule has 0 aliphatic carbocycles. The Kier molecular flexibility index (Phi) is 4.21. The summed E-state index contributed by atoms with van der Waals surface area (Å²) >= 11 is 5.46. The van der Waals surface area contributed by atoms with Gasteiger partial charge in [-0.25, -0.2) is 0 Å². The molecule has 0 bridgehead atoms. The molecule has 2 nitrogen and oxygen atoms in total. The third-order valence-corrected chi connectivity index (χ3v) is 2.99. The Morgan fingerprint density at radius 1 is 1.41 bits per heavy atom. The first-order chi connectivity index (χ1) is 7.77. The van der Waals surface area contributed by atoms with E-state index in [-0.39, 0.29) is 17.2 Å². The predicted octanol–water partition coefficient (Wildman–Crippen LogP) is 3.68. The molecule has 1 rings (SSSR count). The van der Waals surface area contributed by atoms with Gasteiger partial charge in [-0.2, -0.15) is 0 Å². The number of carbonyl (C=O) groups excluding carboxylic acids is 1. The van der Waals surface area contributed by atoms with E-state index in [9.17, 15) is 4.79 Å². The van der Waals surface area contributed by atoms with Crippen molar-refractivity contribution >= 4 is 23.5 Å². The van der Waals surface area contributed by atoms with Gasteiger partial charge in [0.15, 0.2) is 5.78 Å². The number of ketones is 1. The van der Waals surface area contributed by atoms with E-state index in [1.54, 1.807) is 6.08 Å². The van der Waals surface area contributed by atoms with Gasteiger partial charge in [-0.3, -0.25) is 4.79 Å². The van der Waals surface area contributed by atoms with Gasteiger partial charge in [-0.05, 0) is 58.4 Å². The Morgan fingerprint density at radius 2 is 2.00 bits per heavy atom. The lowest BCUT2D eigenvalue weighted by Crippen LogP contribution is -2.24. The molecule has 0 radical (unpaired) electrons. The van der Waals surface area contributed by atoms with Gasteiger partial charge in [-0.15, -0.1) is 11.6 Å². The van der Waals surface area contributed by atoms with Crippen molar-refractivity contribution in [2.45, 2.75) is 40.2 Å². The minimum absolute atomic E-state index is 0.0362. The maximum absolute atomic E-state index is 11.2. The van der Waals surface area contributed by atoms with Crippen molar-refractivity contribution in [1.29, 1.82) is 0 Å². The molecule has 17 heavy (non-hydrogen) atoms. The largest absolute Gasteiger partial charge is 0.343 e. The topological polar surface area (TPSA) is 22.0 Å². The second kappa shape index (κ2) is 5.09. The number of nitrogens with zero attached hydrogens (tertiary/aromatic N) is 1. The van der Waals surface area contributed by atoms with Crippen molar-refractivity contribution in [1.82, 2.24) is 4.57 Å². The molecule has 0 saturated heterocycles. The van der Waals surface area contributed by atoms with Gasteiger partial charge in [0.25, 0.3) is 0 Å². The van der Waals surface area contributed by atoms with Gasteiger partial charge in [0.2, 0.25) is 0 Å². The molecule has 1 aromatic heterocycles. The summed E-state index contributed by atoms with van der Waals surface area (Å²) in [5, 5.41) is 0. The first kappa shape index (κ1) is 14.0. The Balaban J connectivity index is 3.14. The number of hydrogen-bond donors (Lipinski definition) is 0. The summed E-state index contributed by atoms with van der Waals surface area (Å²) in [5.41, 5.74) is 3.51. The first-order valence-corrected chi connectivity index (χ1v) is 6.27. The molecule has 3 heteroatoms. The fourth-order valence-electron chi connectivity index (χ4n) is 2.22. The van der Waals surface area contributed by atoms with Crippen LogP contribution in [0.4, 0.5) is 0 Å². The fraction of sp³-hybridized carbons (Fsp3) is 0.500. The van der Waals surface area contributed by atoms with E-state index in [0.29, 0.717) is 0 Å². The van der Waals surface area contributed by atoms with E-state index in [0.717, 1.165) is 5.56 Å². The lowest BCUT2D eigenvalue weighted by molar-refractivity contribution is -0.112. The average molecular weight is 254 g/mol. The van der Waals surface area contributed by atoms with Crippen molar-refractivity contribution in [2.24, 2.45) is 0 Å². The molecule has 0 aliphatic heterocycles. The van der Waals surface area contributed by atoms with Crippen molar-refractivity contribution in [2.75, 3.05) is 5.88 Å². The molecule has 0 saturated carbocycles. The molecule has 94 valence electrons. The number of aryl methyl sites for hydroxylation is 1.